The van der Waals surface area contributed by atoms with Gasteiger partial charge in [-0.25, -0.2) is 24.3 Å². The molecule has 1 atom stereocenters. The van der Waals surface area contributed by atoms with Gasteiger partial charge < -0.3 is 25.4 Å². The smallest absolute Gasteiger partial charge is 0.248 e. The van der Waals surface area contributed by atoms with Crippen LogP contribution in [0.4, 0.5) is 16.2 Å². The number of piperidine rings is 1. The first-order chi connectivity index (χ1) is 18.9. The summed E-state index contributed by atoms with van der Waals surface area (Å²) in [6.45, 7) is 1.32. The third-order valence-corrected chi connectivity index (χ3v) is 6.78. The number of hydrogen-bond donors (Lipinski definition) is 2. The summed E-state index contributed by atoms with van der Waals surface area (Å²) in [4.78, 5) is 32.5. The Morgan fingerprint density at radius 1 is 1.18 bits per heavy atom. The third kappa shape index (κ3) is 5.88. The first-order valence-electron chi connectivity index (χ1n) is 12.7. The van der Waals surface area contributed by atoms with E-state index in [1.54, 1.807) is 42.6 Å². The zero-order chi connectivity index (χ0) is 27.4. The molecular formula is C28H30FN7O3. The number of halogens is 1. The van der Waals surface area contributed by atoms with E-state index in [0.717, 1.165) is 35.3 Å². The third-order valence-electron chi connectivity index (χ3n) is 6.78. The molecule has 2 aromatic heterocycles. The number of pyridine rings is 1. The molecule has 1 saturated heterocycles. The standard InChI is InChI=1S/C28H30FN7O3/c1-38-16-25(37)36-11-3-4-20(15-36)33-28-31-10-9-22(35-28)26-21(18-12-24(39-2)27(30)32-14-18)13-23(34-26)17-5-7-19(29)8-6-17/h5-10,12,14,20H,3-4,11,13,15-16H2,1-2H3,(H2,30,32)(H,31,33,35)/t20-/m1/s1. The molecule has 1 fully saturated rings. The second-order valence-electron chi connectivity index (χ2n) is 9.40. The Balaban J connectivity index is 1.46. The lowest BCUT2D eigenvalue weighted by Crippen LogP contribution is -2.46. The van der Waals surface area contributed by atoms with Gasteiger partial charge in [-0.1, -0.05) is 12.1 Å². The monoisotopic (exact) mass is 531 g/mol. The van der Waals surface area contributed by atoms with Crippen LogP contribution in [0.2, 0.25) is 0 Å². The van der Waals surface area contributed by atoms with E-state index in [2.05, 4.69) is 15.3 Å². The summed E-state index contributed by atoms with van der Waals surface area (Å²) in [6.07, 6.45) is 5.62. The van der Waals surface area contributed by atoms with E-state index in [9.17, 15) is 9.18 Å². The highest BCUT2D eigenvalue weighted by Gasteiger charge is 2.26. The second kappa shape index (κ2) is 11.6. The Bertz CT molecular complexity index is 1420. The van der Waals surface area contributed by atoms with Crippen molar-refractivity contribution in [3.63, 3.8) is 0 Å². The van der Waals surface area contributed by atoms with Gasteiger partial charge in [0.1, 0.15) is 12.4 Å². The Morgan fingerprint density at radius 3 is 2.77 bits per heavy atom. The molecule has 0 unspecified atom stereocenters. The fraction of sp³-hybridized carbons (Fsp3) is 0.321. The van der Waals surface area contributed by atoms with E-state index in [1.165, 1.54) is 19.2 Å². The number of methoxy groups -OCH3 is 2. The lowest BCUT2D eigenvalue weighted by Gasteiger charge is -2.33. The van der Waals surface area contributed by atoms with Gasteiger partial charge in [-0.2, -0.15) is 0 Å². The molecule has 0 spiro atoms. The number of nitrogens with one attached hydrogen (secondary N) is 1. The average Bonchev–Trinajstić information content (AvgIpc) is 3.40. The predicted octanol–water partition coefficient (Wildman–Crippen LogP) is 3.41. The number of anilines is 2. The summed E-state index contributed by atoms with van der Waals surface area (Å²) >= 11 is 0. The van der Waals surface area contributed by atoms with Crippen molar-refractivity contribution >= 4 is 34.7 Å². The maximum Gasteiger partial charge on any atom is 0.248 e. The van der Waals surface area contributed by atoms with Crippen LogP contribution >= 0.6 is 0 Å². The second-order valence-corrected chi connectivity index (χ2v) is 9.40. The van der Waals surface area contributed by atoms with Crippen LogP contribution in [-0.2, 0) is 9.53 Å². The minimum Gasteiger partial charge on any atom is -0.493 e. The van der Waals surface area contributed by atoms with Crippen LogP contribution in [0.15, 0.2) is 53.8 Å². The molecule has 0 radical (unpaired) electrons. The zero-order valence-electron chi connectivity index (χ0n) is 21.9. The van der Waals surface area contributed by atoms with Gasteiger partial charge >= 0.3 is 0 Å². The van der Waals surface area contributed by atoms with Crippen molar-refractivity contribution in [1.82, 2.24) is 19.9 Å². The van der Waals surface area contributed by atoms with Crippen molar-refractivity contribution in [2.45, 2.75) is 25.3 Å². The molecule has 5 rings (SSSR count). The van der Waals surface area contributed by atoms with E-state index in [0.29, 0.717) is 48.4 Å². The predicted molar refractivity (Wildman–Crippen MR) is 147 cm³/mol. The maximum atomic E-state index is 13.6. The normalized spacial score (nSPS) is 17.3. The quantitative estimate of drug-likeness (QED) is 0.453. The average molecular weight is 532 g/mol. The van der Waals surface area contributed by atoms with Gasteiger partial charge in [0.25, 0.3) is 0 Å². The molecule has 0 saturated carbocycles. The van der Waals surface area contributed by atoms with Crippen molar-refractivity contribution in [3.8, 4) is 5.75 Å². The van der Waals surface area contributed by atoms with Crippen molar-refractivity contribution < 1.29 is 18.7 Å². The molecule has 4 heterocycles. The molecule has 202 valence electrons. The van der Waals surface area contributed by atoms with Gasteiger partial charge in [0, 0.05) is 50.6 Å². The lowest BCUT2D eigenvalue weighted by atomic mass is 9.98. The van der Waals surface area contributed by atoms with Gasteiger partial charge in [0.2, 0.25) is 11.9 Å². The van der Waals surface area contributed by atoms with E-state index in [-0.39, 0.29) is 24.4 Å². The number of ether oxygens (including phenoxy) is 2. The Labute approximate surface area is 225 Å². The number of aliphatic imine (C=N–C) groups is 1. The number of amides is 1. The molecule has 2 aliphatic rings. The number of nitrogen functional groups attached to an aromatic ring is 1. The van der Waals surface area contributed by atoms with E-state index in [4.69, 9.17) is 25.2 Å². The fourth-order valence-electron chi connectivity index (χ4n) is 4.82. The van der Waals surface area contributed by atoms with E-state index in [1.807, 2.05) is 6.07 Å². The van der Waals surface area contributed by atoms with Crippen LogP contribution in [0, 0.1) is 5.82 Å². The summed E-state index contributed by atoms with van der Waals surface area (Å²) < 4.78 is 24.0. The van der Waals surface area contributed by atoms with Crippen LogP contribution in [0.3, 0.4) is 0 Å². The highest BCUT2D eigenvalue weighted by Crippen LogP contribution is 2.38. The van der Waals surface area contributed by atoms with Crippen LogP contribution in [0.25, 0.3) is 11.3 Å². The van der Waals surface area contributed by atoms with Crippen LogP contribution < -0.4 is 15.8 Å². The van der Waals surface area contributed by atoms with Gasteiger partial charge in [-0.3, -0.25) is 4.79 Å². The van der Waals surface area contributed by atoms with E-state index < -0.39 is 0 Å². The van der Waals surface area contributed by atoms with Crippen LogP contribution in [0.5, 0.6) is 5.75 Å². The zero-order valence-corrected chi connectivity index (χ0v) is 21.9. The van der Waals surface area contributed by atoms with E-state index >= 15 is 0 Å². The topological polar surface area (TPSA) is 128 Å². The first kappa shape index (κ1) is 26.2. The number of carbonyl (C=O) groups is 1. The van der Waals surface area contributed by atoms with Crippen molar-refractivity contribution in [1.29, 1.82) is 0 Å². The molecule has 11 heteroatoms. The molecular weight excluding hydrogens is 501 g/mol. The number of aromatic nitrogens is 3. The molecule has 10 nitrogen and oxygen atoms in total. The summed E-state index contributed by atoms with van der Waals surface area (Å²) in [7, 11) is 3.06. The molecule has 3 aromatic rings. The van der Waals surface area contributed by atoms with Gasteiger partial charge in [0.15, 0.2) is 11.6 Å². The lowest BCUT2D eigenvalue weighted by molar-refractivity contribution is -0.136. The largest absolute Gasteiger partial charge is 0.493 e. The number of nitrogens with zero attached hydrogens (tertiary/aromatic N) is 5. The summed E-state index contributed by atoms with van der Waals surface area (Å²) in [5, 5.41) is 3.38. The number of benzene rings is 1. The Hall–Kier alpha value is -4.38. The van der Waals surface area contributed by atoms with Crippen molar-refractivity contribution in [2.24, 2.45) is 4.99 Å². The maximum absolute atomic E-state index is 13.6. The van der Waals surface area contributed by atoms with Crippen molar-refractivity contribution in [2.75, 3.05) is 45.0 Å². The first-order valence-corrected chi connectivity index (χ1v) is 12.7. The minimum atomic E-state index is -0.310. The molecule has 39 heavy (non-hydrogen) atoms. The van der Waals surface area contributed by atoms with Gasteiger partial charge in [-0.15, -0.1) is 0 Å². The minimum absolute atomic E-state index is 0.00988. The van der Waals surface area contributed by atoms with Gasteiger partial charge in [-0.05, 0) is 48.2 Å². The van der Waals surface area contributed by atoms with Crippen LogP contribution in [0.1, 0.15) is 36.1 Å². The molecule has 0 aliphatic carbocycles. The molecule has 2 aliphatic heterocycles. The number of rotatable bonds is 8. The summed E-state index contributed by atoms with van der Waals surface area (Å²) in [5.41, 5.74) is 10.5. The molecule has 1 amide bonds. The molecule has 3 N–H and O–H groups in total. The molecule has 0 bridgehead atoms. The number of carbonyl (C=O) groups excluding carboxylic acids is 1. The Morgan fingerprint density at radius 2 is 2.00 bits per heavy atom. The van der Waals surface area contributed by atoms with Crippen LogP contribution in [-0.4, -0.2) is 71.4 Å². The molecule has 1 aromatic carbocycles. The highest BCUT2D eigenvalue weighted by molar-refractivity contribution is 6.16. The summed E-state index contributed by atoms with van der Waals surface area (Å²) in [6, 6.07) is 9.90. The number of nitrogens with two attached hydrogens (primary N) is 1. The van der Waals surface area contributed by atoms with Gasteiger partial charge in [0.05, 0.1) is 24.2 Å². The van der Waals surface area contributed by atoms with Crippen molar-refractivity contribution in [3.05, 3.63) is 71.4 Å². The Kier molecular flexibility index (Phi) is 7.78. The number of hydrogen-bond acceptors (Lipinski definition) is 9. The highest BCUT2D eigenvalue weighted by atomic mass is 19.1. The number of likely N-dealkylation sites (tertiary alicyclic amines) is 1. The summed E-state index contributed by atoms with van der Waals surface area (Å²) in [5.74, 6) is 0.859. The fourth-order valence-corrected chi connectivity index (χ4v) is 4.82. The SMILES string of the molecule is COCC(=O)N1CCC[C@@H](Nc2nccc(C3=C(c4cnc(N)c(OC)c4)CC(c4ccc(F)cc4)=N3)n2)C1. The number of allylic oxidation sites excluding steroid dienone is 1.